The molecule has 5 rings (SSSR count). The Bertz CT molecular complexity index is 1430. The van der Waals surface area contributed by atoms with Crippen molar-refractivity contribution >= 4 is 23.5 Å². The third kappa shape index (κ3) is 4.23. The first-order valence-electron chi connectivity index (χ1n) is 11.9. The fourth-order valence-electron chi connectivity index (χ4n) is 5.65. The van der Waals surface area contributed by atoms with Crippen molar-refractivity contribution in [2.45, 2.75) is 23.9 Å². The molecule has 3 atom stereocenters. The van der Waals surface area contributed by atoms with Crippen LogP contribution in [0.1, 0.15) is 22.3 Å². The van der Waals surface area contributed by atoms with E-state index < -0.39 is 64.7 Å². The van der Waals surface area contributed by atoms with E-state index in [0.29, 0.717) is 12.1 Å². The van der Waals surface area contributed by atoms with Crippen molar-refractivity contribution in [3.05, 3.63) is 101 Å². The smallest absolute Gasteiger partial charge is 0.416 e. The minimum atomic E-state index is -4.84. The van der Waals surface area contributed by atoms with Gasteiger partial charge in [-0.15, -0.1) is 0 Å². The number of esters is 1. The van der Waals surface area contributed by atoms with Crippen molar-refractivity contribution < 1.29 is 45.5 Å². The van der Waals surface area contributed by atoms with E-state index in [0.717, 1.165) is 36.3 Å². The molecule has 1 N–H and O–H groups in total. The van der Waals surface area contributed by atoms with Crippen molar-refractivity contribution in [2.75, 3.05) is 12.0 Å². The summed E-state index contributed by atoms with van der Waals surface area (Å²) in [5.41, 5.74) is -4.78. The Hall–Kier alpha value is -4.19. The van der Waals surface area contributed by atoms with Crippen LogP contribution in [0.15, 0.2) is 78.9 Å². The Morgan fingerprint density at radius 1 is 0.800 bits per heavy atom. The Balaban J connectivity index is 1.82. The van der Waals surface area contributed by atoms with Gasteiger partial charge in [-0.25, -0.2) is 4.90 Å². The SMILES string of the molecule is COC(=O)[C@@H]1NC(c2cccc(C(F)(F)F)c2)(c2cccc(C(F)(F)F)c2)[C@H]2C(=O)N(c3ccccc3)C(=O)[C@@H]12. The monoisotopic (exact) mass is 562 g/mol. The standard InChI is InChI=1S/C28H20F6N2O4/c1-40-25(39)22-20-21(24(38)36(23(20)37)19-11-3-2-4-12-19)26(35-22,15-7-5-9-17(13-15)27(29,30)31)16-8-6-10-18(14-16)28(32,33)34/h2-14,20-22,35H,1H3/t20-,21-,22-/m1/s1. The Morgan fingerprint density at radius 2 is 1.32 bits per heavy atom. The first kappa shape index (κ1) is 27.4. The lowest BCUT2D eigenvalue weighted by molar-refractivity contribution is -0.145. The van der Waals surface area contributed by atoms with Gasteiger partial charge < -0.3 is 4.74 Å². The molecule has 2 aliphatic rings. The molecule has 0 bridgehead atoms. The van der Waals surface area contributed by atoms with Gasteiger partial charge in [0.25, 0.3) is 0 Å². The predicted molar refractivity (Wildman–Crippen MR) is 129 cm³/mol. The number of carbonyl (C=O) groups excluding carboxylic acids is 3. The molecule has 0 spiro atoms. The van der Waals surface area contributed by atoms with Crippen molar-refractivity contribution in [2.24, 2.45) is 11.8 Å². The van der Waals surface area contributed by atoms with Crippen LogP contribution in [-0.2, 0) is 37.0 Å². The number of hydrogen-bond acceptors (Lipinski definition) is 5. The van der Waals surface area contributed by atoms with Gasteiger partial charge in [-0.1, -0.05) is 42.5 Å². The molecular formula is C28H20F6N2O4. The Morgan fingerprint density at radius 3 is 1.80 bits per heavy atom. The zero-order valence-electron chi connectivity index (χ0n) is 20.6. The first-order valence-corrected chi connectivity index (χ1v) is 11.9. The van der Waals surface area contributed by atoms with Gasteiger partial charge in [0.15, 0.2) is 0 Å². The van der Waals surface area contributed by atoms with Crippen LogP contribution in [0, 0.1) is 11.8 Å². The molecule has 2 fully saturated rings. The van der Waals surface area contributed by atoms with Crippen LogP contribution >= 0.6 is 0 Å². The second kappa shape index (κ2) is 9.47. The van der Waals surface area contributed by atoms with E-state index >= 15 is 0 Å². The number of alkyl halides is 6. The summed E-state index contributed by atoms with van der Waals surface area (Å²) in [5.74, 6) is -5.84. The number of imide groups is 1. The zero-order chi connectivity index (χ0) is 29.0. The quantitative estimate of drug-likeness (QED) is 0.278. The van der Waals surface area contributed by atoms with E-state index in [2.05, 4.69) is 5.32 Å². The highest BCUT2D eigenvalue weighted by Crippen LogP contribution is 2.53. The number of nitrogens with one attached hydrogen (secondary N) is 1. The van der Waals surface area contributed by atoms with Gasteiger partial charge in [0.05, 0.1) is 41.3 Å². The number of para-hydroxylation sites is 1. The summed E-state index contributed by atoms with van der Waals surface area (Å²) in [4.78, 5) is 41.5. The number of amides is 2. The summed E-state index contributed by atoms with van der Waals surface area (Å²) in [7, 11) is 1.02. The van der Waals surface area contributed by atoms with Gasteiger partial charge in [-0.05, 0) is 47.5 Å². The lowest BCUT2D eigenvalue weighted by atomic mass is 9.71. The van der Waals surface area contributed by atoms with E-state index in [4.69, 9.17) is 4.74 Å². The first-order chi connectivity index (χ1) is 18.8. The minimum absolute atomic E-state index is 0.137. The molecule has 40 heavy (non-hydrogen) atoms. The molecule has 12 heteroatoms. The highest BCUT2D eigenvalue weighted by molar-refractivity contribution is 6.24. The molecule has 3 aromatic carbocycles. The molecule has 0 aromatic heterocycles. The largest absolute Gasteiger partial charge is 0.468 e. The summed E-state index contributed by atoms with van der Waals surface area (Å²) in [6.07, 6.45) is -9.67. The van der Waals surface area contributed by atoms with Crippen LogP contribution in [0.2, 0.25) is 0 Å². The molecule has 6 nitrogen and oxygen atoms in total. The number of hydrogen-bond donors (Lipinski definition) is 1. The second-order valence-electron chi connectivity index (χ2n) is 9.46. The topological polar surface area (TPSA) is 75.7 Å². The molecule has 2 saturated heterocycles. The summed E-state index contributed by atoms with van der Waals surface area (Å²) in [5, 5.41) is 2.80. The van der Waals surface area contributed by atoms with E-state index in [-0.39, 0.29) is 16.8 Å². The van der Waals surface area contributed by atoms with Crippen LogP contribution in [-0.4, -0.2) is 30.9 Å². The van der Waals surface area contributed by atoms with Gasteiger partial charge >= 0.3 is 18.3 Å². The third-order valence-corrected chi connectivity index (χ3v) is 7.32. The van der Waals surface area contributed by atoms with Crippen LogP contribution in [0.3, 0.4) is 0 Å². The number of carbonyl (C=O) groups is 3. The maximum Gasteiger partial charge on any atom is 0.416 e. The van der Waals surface area contributed by atoms with Crippen LogP contribution in [0.5, 0.6) is 0 Å². The number of benzene rings is 3. The molecule has 0 radical (unpaired) electrons. The lowest BCUT2D eigenvalue weighted by Crippen LogP contribution is -2.52. The molecule has 3 aromatic rings. The minimum Gasteiger partial charge on any atom is -0.468 e. The average Bonchev–Trinajstić information content (AvgIpc) is 3.42. The fraction of sp³-hybridized carbons (Fsp3) is 0.250. The summed E-state index contributed by atoms with van der Waals surface area (Å²) in [6.45, 7) is 0. The molecule has 208 valence electrons. The van der Waals surface area contributed by atoms with Crippen molar-refractivity contribution in [3.8, 4) is 0 Å². The lowest BCUT2D eigenvalue weighted by Gasteiger charge is -2.37. The summed E-state index contributed by atoms with van der Waals surface area (Å²) in [6, 6.07) is 13.5. The van der Waals surface area contributed by atoms with E-state index in [1.54, 1.807) is 18.2 Å². The number of ether oxygens (including phenoxy) is 1. The van der Waals surface area contributed by atoms with Gasteiger partial charge in [0.1, 0.15) is 6.04 Å². The van der Waals surface area contributed by atoms with Gasteiger partial charge in [-0.2, -0.15) is 26.3 Å². The molecule has 0 saturated carbocycles. The molecule has 2 aliphatic heterocycles. The van der Waals surface area contributed by atoms with Gasteiger partial charge in [-0.3, -0.25) is 19.7 Å². The van der Waals surface area contributed by atoms with E-state index in [1.807, 2.05) is 0 Å². The van der Waals surface area contributed by atoms with Crippen LogP contribution in [0.25, 0.3) is 0 Å². The number of rotatable bonds is 4. The van der Waals surface area contributed by atoms with Crippen molar-refractivity contribution in [3.63, 3.8) is 0 Å². The van der Waals surface area contributed by atoms with Gasteiger partial charge in [0, 0.05) is 0 Å². The highest BCUT2D eigenvalue weighted by atomic mass is 19.4. The molecule has 2 amide bonds. The summed E-state index contributed by atoms with van der Waals surface area (Å²) < 4.78 is 87.5. The number of halogens is 6. The molecule has 0 aliphatic carbocycles. The zero-order valence-corrected chi connectivity index (χ0v) is 20.6. The van der Waals surface area contributed by atoms with Crippen LogP contribution in [0.4, 0.5) is 32.0 Å². The van der Waals surface area contributed by atoms with Crippen LogP contribution < -0.4 is 10.2 Å². The van der Waals surface area contributed by atoms with E-state index in [1.165, 1.54) is 24.3 Å². The second-order valence-corrected chi connectivity index (χ2v) is 9.46. The number of methoxy groups -OCH3 is 1. The highest BCUT2D eigenvalue weighted by Gasteiger charge is 2.68. The summed E-state index contributed by atoms with van der Waals surface area (Å²) >= 11 is 0. The van der Waals surface area contributed by atoms with Crippen molar-refractivity contribution in [1.82, 2.24) is 5.32 Å². The Kier molecular flexibility index (Phi) is 6.48. The fourth-order valence-corrected chi connectivity index (χ4v) is 5.65. The normalized spacial score (nSPS) is 22.4. The maximum atomic E-state index is 14.0. The average molecular weight is 562 g/mol. The number of anilines is 1. The number of nitrogens with zero attached hydrogens (tertiary/aromatic N) is 1. The van der Waals surface area contributed by atoms with E-state index in [9.17, 15) is 40.7 Å². The third-order valence-electron chi connectivity index (χ3n) is 7.32. The van der Waals surface area contributed by atoms with Gasteiger partial charge in [0.2, 0.25) is 11.8 Å². The Labute approximate surface area is 223 Å². The molecule has 2 heterocycles. The number of fused-ring (bicyclic) bond motifs is 1. The predicted octanol–water partition coefficient (Wildman–Crippen LogP) is 4.92. The molecule has 0 unspecified atom stereocenters. The van der Waals surface area contributed by atoms with Crippen molar-refractivity contribution in [1.29, 1.82) is 0 Å². The molecular weight excluding hydrogens is 542 g/mol. The maximum absolute atomic E-state index is 14.0.